The van der Waals surface area contributed by atoms with Gasteiger partial charge in [-0.2, -0.15) is 9.40 Å². The number of aliphatic hydroxyl groups is 1. The Kier molecular flexibility index (Phi) is 4.64. The van der Waals surface area contributed by atoms with Crippen LogP contribution in [0.2, 0.25) is 0 Å². The summed E-state index contributed by atoms with van der Waals surface area (Å²) in [6.07, 6.45) is 1.26. The van der Waals surface area contributed by atoms with Crippen LogP contribution in [-0.4, -0.2) is 47.3 Å². The Labute approximate surface area is 128 Å². The highest BCUT2D eigenvalue weighted by molar-refractivity contribution is 7.89. The number of benzene rings is 1. The van der Waals surface area contributed by atoms with Crippen molar-refractivity contribution in [2.45, 2.75) is 24.8 Å². The molecule has 6 nitrogen and oxygen atoms in total. The first-order valence-electron chi connectivity index (χ1n) is 6.68. The molecule has 0 radical (unpaired) electrons. The fourth-order valence-electron chi connectivity index (χ4n) is 2.00. The summed E-state index contributed by atoms with van der Waals surface area (Å²) in [5.74, 6) is -0.377. The summed E-state index contributed by atoms with van der Waals surface area (Å²) in [5, 5.41) is 13.2. The molecule has 1 aromatic heterocycles. The first kappa shape index (κ1) is 16.6. The summed E-state index contributed by atoms with van der Waals surface area (Å²) in [5.41, 5.74) is 0.988. The van der Waals surface area contributed by atoms with Gasteiger partial charge in [0.1, 0.15) is 10.7 Å². The third-order valence-electron chi connectivity index (χ3n) is 3.58. The van der Waals surface area contributed by atoms with E-state index in [1.807, 2.05) is 0 Å². The van der Waals surface area contributed by atoms with E-state index in [9.17, 15) is 12.8 Å². The largest absolute Gasteiger partial charge is 0.395 e. The lowest BCUT2D eigenvalue weighted by Crippen LogP contribution is -2.37. The molecule has 2 aromatic rings. The third kappa shape index (κ3) is 2.90. The molecule has 0 spiro atoms. The van der Waals surface area contributed by atoms with Crippen LogP contribution >= 0.6 is 0 Å². The second kappa shape index (κ2) is 6.15. The van der Waals surface area contributed by atoms with Crippen molar-refractivity contribution in [3.63, 3.8) is 0 Å². The topological polar surface area (TPSA) is 75.4 Å². The average Bonchev–Trinajstić information content (AvgIpc) is 2.89. The van der Waals surface area contributed by atoms with Crippen LogP contribution in [0.15, 0.2) is 35.4 Å². The Hall–Kier alpha value is -1.77. The summed E-state index contributed by atoms with van der Waals surface area (Å²) in [6, 6.07) is 5.06. The zero-order chi connectivity index (χ0) is 16.5. The number of nitrogens with zero attached hydrogens (tertiary/aromatic N) is 3. The summed E-state index contributed by atoms with van der Waals surface area (Å²) >= 11 is 0. The number of sulfonamides is 1. The minimum absolute atomic E-state index is 0.0552. The maximum absolute atomic E-state index is 13.0. The van der Waals surface area contributed by atoms with Crippen LogP contribution in [0.1, 0.15) is 12.6 Å². The van der Waals surface area contributed by atoms with E-state index < -0.39 is 16.1 Å². The van der Waals surface area contributed by atoms with Gasteiger partial charge in [0.2, 0.25) is 10.0 Å². The quantitative estimate of drug-likeness (QED) is 0.899. The van der Waals surface area contributed by atoms with E-state index in [1.54, 1.807) is 13.8 Å². The first-order chi connectivity index (χ1) is 10.3. The molecule has 0 fully saturated rings. The number of hydrogen-bond donors (Lipinski definition) is 1. The first-order valence-corrected chi connectivity index (χ1v) is 8.12. The minimum atomic E-state index is -3.76. The van der Waals surface area contributed by atoms with Crippen molar-refractivity contribution in [3.05, 3.63) is 42.0 Å². The zero-order valence-corrected chi connectivity index (χ0v) is 13.4. The molecular weight excluding hydrogens is 309 g/mol. The van der Waals surface area contributed by atoms with Crippen molar-refractivity contribution >= 4 is 10.0 Å². The Morgan fingerprint density at radius 1 is 1.36 bits per heavy atom. The van der Waals surface area contributed by atoms with E-state index in [0.29, 0.717) is 11.4 Å². The molecule has 1 heterocycles. The molecular formula is C14H18FN3O3S. The number of hydrogen-bond acceptors (Lipinski definition) is 4. The lowest BCUT2D eigenvalue weighted by molar-refractivity contribution is 0.214. The van der Waals surface area contributed by atoms with Crippen LogP contribution in [0.3, 0.4) is 0 Å². The summed E-state index contributed by atoms with van der Waals surface area (Å²) in [6.45, 7) is 2.96. The summed E-state index contributed by atoms with van der Waals surface area (Å²) < 4.78 is 40.6. The smallest absolute Gasteiger partial charge is 0.246 e. The van der Waals surface area contributed by atoms with E-state index >= 15 is 0 Å². The van der Waals surface area contributed by atoms with Crippen molar-refractivity contribution in [1.29, 1.82) is 0 Å². The zero-order valence-electron chi connectivity index (χ0n) is 12.6. The molecule has 0 aliphatic heterocycles. The van der Waals surface area contributed by atoms with Gasteiger partial charge in [-0.05, 0) is 38.1 Å². The van der Waals surface area contributed by atoms with Crippen LogP contribution < -0.4 is 0 Å². The number of aliphatic hydroxyl groups excluding tert-OH is 1. The van der Waals surface area contributed by atoms with Crippen LogP contribution in [-0.2, 0) is 10.0 Å². The Morgan fingerprint density at radius 3 is 2.50 bits per heavy atom. The van der Waals surface area contributed by atoms with Gasteiger partial charge < -0.3 is 5.11 Å². The predicted octanol–water partition coefficient (Wildman–Crippen LogP) is 1.32. The molecule has 1 aromatic carbocycles. The average molecular weight is 327 g/mol. The van der Waals surface area contributed by atoms with Gasteiger partial charge in [-0.1, -0.05) is 0 Å². The maximum Gasteiger partial charge on any atom is 0.246 e. The molecule has 0 unspecified atom stereocenters. The molecule has 0 aliphatic rings. The Balaban J connectivity index is 2.45. The molecule has 2 rings (SSSR count). The Bertz CT molecular complexity index is 756. The lowest BCUT2D eigenvalue weighted by atomic mass is 10.3. The van der Waals surface area contributed by atoms with Crippen LogP contribution in [0.25, 0.3) is 5.69 Å². The molecule has 0 saturated carbocycles. The van der Waals surface area contributed by atoms with Gasteiger partial charge in [-0.25, -0.2) is 17.5 Å². The van der Waals surface area contributed by atoms with Gasteiger partial charge in [-0.3, -0.25) is 0 Å². The highest BCUT2D eigenvalue weighted by Gasteiger charge is 2.29. The fraction of sp³-hybridized carbons (Fsp3) is 0.357. The minimum Gasteiger partial charge on any atom is -0.395 e. The van der Waals surface area contributed by atoms with E-state index in [0.717, 1.165) is 4.31 Å². The van der Waals surface area contributed by atoms with E-state index in [-0.39, 0.29) is 17.3 Å². The molecule has 1 N–H and O–H groups in total. The van der Waals surface area contributed by atoms with Gasteiger partial charge in [0.15, 0.2) is 0 Å². The van der Waals surface area contributed by atoms with Gasteiger partial charge in [0.05, 0.1) is 24.2 Å². The molecule has 0 saturated heterocycles. The van der Waals surface area contributed by atoms with Gasteiger partial charge in [0, 0.05) is 13.1 Å². The second-order valence-corrected chi connectivity index (χ2v) is 7.00. The van der Waals surface area contributed by atoms with E-state index in [1.165, 1.54) is 42.2 Å². The van der Waals surface area contributed by atoms with Crippen molar-refractivity contribution in [3.8, 4) is 5.69 Å². The monoisotopic (exact) mass is 327 g/mol. The number of rotatable bonds is 5. The standard InChI is InChI=1S/C14H18FN3O3S/c1-10(9-19)17(3)22(20,21)14-8-16-18(11(14)2)13-6-4-12(15)5-7-13/h4-8,10,19H,9H2,1-3H3/t10-/m1/s1. The summed E-state index contributed by atoms with van der Waals surface area (Å²) in [7, 11) is -2.35. The summed E-state index contributed by atoms with van der Waals surface area (Å²) in [4.78, 5) is 0.0552. The van der Waals surface area contributed by atoms with Gasteiger partial charge >= 0.3 is 0 Å². The molecule has 1 atom stereocenters. The predicted molar refractivity (Wildman–Crippen MR) is 79.8 cm³/mol. The van der Waals surface area contributed by atoms with Gasteiger partial charge in [-0.15, -0.1) is 0 Å². The van der Waals surface area contributed by atoms with E-state index in [4.69, 9.17) is 5.11 Å². The van der Waals surface area contributed by atoms with Crippen molar-refractivity contribution < 1.29 is 17.9 Å². The molecule has 0 aliphatic carbocycles. The Morgan fingerprint density at radius 2 is 1.95 bits per heavy atom. The highest BCUT2D eigenvalue weighted by Crippen LogP contribution is 2.22. The number of likely N-dealkylation sites (N-methyl/N-ethyl adjacent to an activating group) is 1. The normalized spacial score (nSPS) is 13.5. The van der Waals surface area contributed by atoms with Crippen LogP contribution in [0, 0.1) is 12.7 Å². The van der Waals surface area contributed by atoms with E-state index in [2.05, 4.69) is 5.10 Å². The molecule has 0 amide bonds. The highest BCUT2D eigenvalue weighted by atomic mass is 32.2. The van der Waals surface area contributed by atoms with Gasteiger partial charge in [0.25, 0.3) is 0 Å². The third-order valence-corrected chi connectivity index (χ3v) is 5.65. The fourth-order valence-corrected chi connectivity index (χ4v) is 3.49. The number of halogens is 1. The van der Waals surface area contributed by atoms with Crippen molar-refractivity contribution in [2.24, 2.45) is 0 Å². The lowest BCUT2D eigenvalue weighted by Gasteiger charge is -2.22. The molecule has 22 heavy (non-hydrogen) atoms. The molecule has 0 bridgehead atoms. The maximum atomic E-state index is 13.0. The molecule has 8 heteroatoms. The van der Waals surface area contributed by atoms with Crippen molar-refractivity contribution in [1.82, 2.24) is 14.1 Å². The second-order valence-electron chi connectivity index (χ2n) is 5.04. The molecule has 120 valence electrons. The number of aromatic nitrogens is 2. The van der Waals surface area contributed by atoms with Crippen LogP contribution in [0.5, 0.6) is 0 Å². The van der Waals surface area contributed by atoms with Crippen molar-refractivity contribution in [2.75, 3.05) is 13.7 Å². The van der Waals surface area contributed by atoms with Crippen LogP contribution in [0.4, 0.5) is 4.39 Å². The SMILES string of the molecule is Cc1c(S(=O)(=O)N(C)[C@H](C)CO)cnn1-c1ccc(F)cc1.